The van der Waals surface area contributed by atoms with E-state index in [4.69, 9.17) is 0 Å². The third-order valence-corrected chi connectivity index (χ3v) is 3.43. The lowest BCUT2D eigenvalue weighted by Gasteiger charge is -2.15. The molecule has 0 bridgehead atoms. The van der Waals surface area contributed by atoms with Crippen molar-refractivity contribution in [1.82, 2.24) is 4.90 Å². The second-order valence-electron chi connectivity index (χ2n) is 4.48. The van der Waals surface area contributed by atoms with Crippen LogP contribution < -0.4 is 0 Å². The van der Waals surface area contributed by atoms with Crippen LogP contribution in [0.4, 0.5) is 0 Å². The summed E-state index contributed by atoms with van der Waals surface area (Å²) in [6.45, 7) is 4.91. The van der Waals surface area contributed by atoms with Gasteiger partial charge in [0.25, 0.3) is 0 Å². The summed E-state index contributed by atoms with van der Waals surface area (Å²) >= 11 is 1.80. The lowest BCUT2D eigenvalue weighted by molar-refractivity contribution is 0.0910. The Balaban J connectivity index is 0.00000289. The van der Waals surface area contributed by atoms with Crippen molar-refractivity contribution >= 4 is 30.0 Å². The molecule has 0 fully saturated rings. The molecule has 0 spiro atoms. The van der Waals surface area contributed by atoms with Crippen molar-refractivity contribution in [3.05, 3.63) is 29.8 Å². The molecule has 2 nitrogen and oxygen atoms in total. The summed E-state index contributed by atoms with van der Waals surface area (Å²) in [5.74, 6) is 1.34. The van der Waals surface area contributed by atoms with Gasteiger partial charge in [-0.1, -0.05) is 26.0 Å². The quantitative estimate of drug-likeness (QED) is 0.589. The Morgan fingerprint density at radius 2 is 1.83 bits per heavy atom. The second-order valence-corrected chi connectivity index (χ2v) is 5.82. The third-order valence-electron chi connectivity index (χ3n) is 2.54. The average Bonchev–Trinajstić information content (AvgIpc) is 2.28. The van der Waals surface area contributed by atoms with Crippen LogP contribution in [0.25, 0.3) is 0 Å². The molecule has 1 aromatic rings. The minimum atomic E-state index is 0. The van der Waals surface area contributed by atoms with Gasteiger partial charge in [0, 0.05) is 22.9 Å². The minimum Gasteiger partial charge on any atom is -0.309 e. The Bertz CT molecular complexity index is 365. The normalized spacial score (nSPS) is 12.1. The Morgan fingerprint density at radius 3 is 2.28 bits per heavy atom. The van der Waals surface area contributed by atoms with Gasteiger partial charge in [0.1, 0.15) is 0 Å². The maximum absolute atomic E-state index is 12.1. The van der Waals surface area contributed by atoms with Crippen LogP contribution >= 0.6 is 24.2 Å². The number of carbonyl (C=O) groups excluding carboxylic acids is 1. The van der Waals surface area contributed by atoms with Crippen LogP contribution in [0.5, 0.6) is 0 Å². The number of benzene rings is 1. The maximum Gasteiger partial charge on any atom is 0.166 e. The van der Waals surface area contributed by atoms with E-state index in [-0.39, 0.29) is 24.1 Å². The van der Waals surface area contributed by atoms with E-state index in [2.05, 4.69) is 6.92 Å². The highest BCUT2D eigenvalue weighted by atomic mass is 35.5. The second kappa shape index (κ2) is 8.57. The number of hydrogen-bond acceptors (Lipinski definition) is 3. The van der Waals surface area contributed by atoms with Gasteiger partial charge in [-0.15, -0.1) is 24.2 Å². The summed E-state index contributed by atoms with van der Waals surface area (Å²) < 4.78 is 0. The summed E-state index contributed by atoms with van der Waals surface area (Å²) in [6, 6.07) is 7.94. The van der Waals surface area contributed by atoms with Gasteiger partial charge in [-0.25, -0.2) is 0 Å². The molecule has 0 amide bonds. The fourth-order valence-corrected chi connectivity index (χ4v) is 2.46. The van der Waals surface area contributed by atoms with E-state index in [9.17, 15) is 4.79 Å². The number of rotatable bonds is 6. The van der Waals surface area contributed by atoms with Crippen LogP contribution in [-0.4, -0.2) is 37.1 Å². The van der Waals surface area contributed by atoms with Crippen molar-refractivity contribution in [3.8, 4) is 0 Å². The van der Waals surface area contributed by atoms with Gasteiger partial charge in [-0.2, -0.15) is 0 Å². The number of nitrogens with zero attached hydrogens (tertiary/aromatic N) is 1. The monoisotopic (exact) mass is 287 g/mol. The summed E-state index contributed by atoms with van der Waals surface area (Å²) in [6.07, 6.45) is 0. The third kappa shape index (κ3) is 5.42. The molecule has 0 aliphatic heterocycles. The average molecular weight is 288 g/mol. The predicted molar refractivity (Wildman–Crippen MR) is 82.1 cm³/mol. The number of Topliss-reactive ketones (excluding diaryl/α,β-unsaturated/α-hetero) is 1. The molecule has 1 unspecified atom stereocenters. The molecule has 1 atom stereocenters. The van der Waals surface area contributed by atoms with Gasteiger partial charge in [0.2, 0.25) is 0 Å². The van der Waals surface area contributed by atoms with E-state index in [1.807, 2.05) is 50.2 Å². The summed E-state index contributed by atoms with van der Waals surface area (Å²) in [5.41, 5.74) is 0.819. The number of carbonyl (C=O) groups is 1. The highest BCUT2D eigenvalue weighted by Crippen LogP contribution is 2.19. The number of halogens is 1. The number of ketones is 1. The molecule has 0 N–H and O–H groups in total. The first-order valence-electron chi connectivity index (χ1n) is 5.96. The fourth-order valence-electron chi connectivity index (χ4n) is 1.80. The molecule has 0 saturated carbocycles. The SMILES string of the molecule is CCSc1ccc(C(=O)C(C)CN(C)C)cc1.Cl. The van der Waals surface area contributed by atoms with E-state index in [1.165, 1.54) is 4.90 Å². The van der Waals surface area contributed by atoms with Gasteiger partial charge in [-0.3, -0.25) is 4.79 Å². The van der Waals surface area contributed by atoms with Gasteiger partial charge < -0.3 is 4.90 Å². The highest BCUT2D eigenvalue weighted by Gasteiger charge is 2.15. The molecule has 0 saturated heterocycles. The Hall–Kier alpha value is -0.510. The lowest BCUT2D eigenvalue weighted by atomic mass is 9.99. The summed E-state index contributed by atoms with van der Waals surface area (Å²) in [5, 5.41) is 0. The molecule has 0 aliphatic rings. The molecule has 1 aromatic carbocycles. The molecule has 4 heteroatoms. The molecular weight excluding hydrogens is 266 g/mol. The van der Waals surface area contributed by atoms with E-state index < -0.39 is 0 Å². The minimum absolute atomic E-state index is 0. The van der Waals surface area contributed by atoms with Gasteiger partial charge in [0.05, 0.1) is 0 Å². The van der Waals surface area contributed by atoms with E-state index in [0.29, 0.717) is 0 Å². The number of thioether (sulfide) groups is 1. The van der Waals surface area contributed by atoms with Crippen molar-refractivity contribution in [2.75, 3.05) is 26.4 Å². The highest BCUT2D eigenvalue weighted by molar-refractivity contribution is 7.99. The Morgan fingerprint density at radius 1 is 1.28 bits per heavy atom. The van der Waals surface area contributed by atoms with Gasteiger partial charge in [-0.05, 0) is 32.0 Å². The van der Waals surface area contributed by atoms with Crippen molar-refractivity contribution < 1.29 is 4.79 Å². The lowest BCUT2D eigenvalue weighted by Crippen LogP contribution is -2.25. The van der Waals surface area contributed by atoms with E-state index in [0.717, 1.165) is 17.9 Å². The fraction of sp³-hybridized carbons (Fsp3) is 0.500. The summed E-state index contributed by atoms with van der Waals surface area (Å²) in [4.78, 5) is 15.4. The topological polar surface area (TPSA) is 20.3 Å². The largest absolute Gasteiger partial charge is 0.309 e. The van der Waals surface area contributed by atoms with Crippen molar-refractivity contribution in [2.45, 2.75) is 18.7 Å². The van der Waals surface area contributed by atoms with Crippen LogP contribution in [0.3, 0.4) is 0 Å². The van der Waals surface area contributed by atoms with Crippen molar-refractivity contribution in [3.63, 3.8) is 0 Å². The van der Waals surface area contributed by atoms with E-state index in [1.54, 1.807) is 11.8 Å². The molecule has 1 rings (SSSR count). The molecule has 18 heavy (non-hydrogen) atoms. The van der Waals surface area contributed by atoms with Crippen molar-refractivity contribution in [2.24, 2.45) is 5.92 Å². The predicted octanol–water partition coefficient (Wildman–Crippen LogP) is 3.60. The van der Waals surface area contributed by atoms with E-state index >= 15 is 0 Å². The first-order chi connectivity index (χ1) is 8.04. The first kappa shape index (κ1) is 17.5. The van der Waals surface area contributed by atoms with Crippen LogP contribution in [0.2, 0.25) is 0 Å². The zero-order chi connectivity index (χ0) is 12.8. The number of hydrogen-bond donors (Lipinski definition) is 0. The van der Waals surface area contributed by atoms with Gasteiger partial charge in [0.15, 0.2) is 5.78 Å². The standard InChI is InChI=1S/C14H21NOS.ClH/c1-5-17-13-8-6-12(7-9-13)14(16)11(2)10-15(3)4;/h6-9,11H,5,10H2,1-4H3;1H. The van der Waals surface area contributed by atoms with Crippen LogP contribution in [-0.2, 0) is 0 Å². The smallest absolute Gasteiger partial charge is 0.166 e. The molecule has 0 aromatic heterocycles. The van der Waals surface area contributed by atoms with Crippen LogP contribution in [0.15, 0.2) is 29.2 Å². The van der Waals surface area contributed by atoms with Gasteiger partial charge >= 0.3 is 0 Å². The zero-order valence-electron chi connectivity index (χ0n) is 11.5. The van der Waals surface area contributed by atoms with Crippen molar-refractivity contribution in [1.29, 1.82) is 0 Å². The van der Waals surface area contributed by atoms with Crippen LogP contribution in [0.1, 0.15) is 24.2 Å². The molecule has 0 radical (unpaired) electrons. The molecule has 102 valence electrons. The molecule has 0 heterocycles. The molecule has 0 aliphatic carbocycles. The molecular formula is C14H22ClNOS. The Kier molecular flexibility index (Phi) is 8.32. The summed E-state index contributed by atoms with van der Waals surface area (Å²) in [7, 11) is 3.98. The Labute approximate surface area is 121 Å². The van der Waals surface area contributed by atoms with Crippen LogP contribution in [0, 0.1) is 5.92 Å². The maximum atomic E-state index is 12.1. The first-order valence-corrected chi connectivity index (χ1v) is 6.95. The zero-order valence-corrected chi connectivity index (χ0v) is 13.1.